The first kappa shape index (κ1) is 19.9. The first-order valence-electron chi connectivity index (χ1n) is 10.3. The molecule has 2 aliphatic heterocycles. The van der Waals surface area contributed by atoms with Crippen LogP contribution in [-0.2, 0) is 4.79 Å². The normalized spacial score (nSPS) is 24.6. The van der Waals surface area contributed by atoms with Crippen molar-refractivity contribution in [1.29, 1.82) is 0 Å². The third kappa shape index (κ3) is 4.70. The number of carbonyl (C=O) groups excluding carboxylic acids is 2. The van der Waals surface area contributed by atoms with Crippen LogP contribution in [0, 0.1) is 25.7 Å². The van der Waals surface area contributed by atoms with Gasteiger partial charge in [0.05, 0.1) is 5.92 Å². The maximum Gasteiger partial charge on any atom is 0.253 e. The van der Waals surface area contributed by atoms with E-state index in [1.807, 2.05) is 42.7 Å². The Morgan fingerprint density at radius 3 is 2.30 bits per heavy atom. The SMILES string of the molecule is Cc1cc(C)cc(C(=O)N2CCCC(C(=O)N3CCCC(C(C)N)C3)C2)c1. The fourth-order valence-electron chi connectivity index (χ4n) is 4.54. The van der Waals surface area contributed by atoms with Gasteiger partial charge < -0.3 is 15.5 Å². The van der Waals surface area contributed by atoms with Crippen LogP contribution in [0.4, 0.5) is 0 Å². The summed E-state index contributed by atoms with van der Waals surface area (Å²) in [7, 11) is 0. The van der Waals surface area contributed by atoms with Crippen LogP contribution in [0.5, 0.6) is 0 Å². The van der Waals surface area contributed by atoms with E-state index in [1.54, 1.807) is 0 Å². The second kappa shape index (κ2) is 8.42. The molecule has 0 aliphatic carbocycles. The Morgan fingerprint density at radius 2 is 1.63 bits per heavy atom. The third-order valence-electron chi connectivity index (χ3n) is 6.04. The molecule has 0 radical (unpaired) electrons. The smallest absolute Gasteiger partial charge is 0.253 e. The Hall–Kier alpha value is -1.88. The van der Waals surface area contributed by atoms with Crippen molar-refractivity contribution in [3.63, 3.8) is 0 Å². The Morgan fingerprint density at radius 1 is 1.00 bits per heavy atom. The van der Waals surface area contributed by atoms with Crippen molar-refractivity contribution >= 4 is 11.8 Å². The van der Waals surface area contributed by atoms with E-state index in [9.17, 15) is 9.59 Å². The molecule has 2 heterocycles. The molecule has 5 heteroatoms. The van der Waals surface area contributed by atoms with Crippen LogP contribution in [0.25, 0.3) is 0 Å². The molecule has 3 atom stereocenters. The average Bonchev–Trinajstić information content (AvgIpc) is 2.66. The Bertz CT molecular complexity index is 681. The molecule has 2 saturated heterocycles. The number of piperidine rings is 2. The lowest BCUT2D eigenvalue weighted by atomic mass is 9.90. The summed E-state index contributed by atoms with van der Waals surface area (Å²) in [5, 5.41) is 0. The lowest BCUT2D eigenvalue weighted by molar-refractivity contribution is -0.138. The molecular weight excluding hydrogens is 338 g/mol. The second-order valence-corrected chi connectivity index (χ2v) is 8.51. The van der Waals surface area contributed by atoms with Gasteiger partial charge in [-0.1, -0.05) is 17.2 Å². The molecule has 2 N–H and O–H groups in total. The quantitative estimate of drug-likeness (QED) is 0.888. The standard InChI is InChI=1S/C22H33N3O2/c1-15-10-16(2)12-20(11-15)22(27)25-9-5-7-19(14-25)21(26)24-8-4-6-18(13-24)17(3)23/h10-12,17-19H,4-9,13-14,23H2,1-3H3. The van der Waals surface area contributed by atoms with Crippen LogP contribution in [0.1, 0.15) is 54.1 Å². The molecule has 148 valence electrons. The molecule has 2 amide bonds. The van der Waals surface area contributed by atoms with Crippen molar-refractivity contribution in [3.8, 4) is 0 Å². The summed E-state index contributed by atoms with van der Waals surface area (Å²) in [6.45, 7) is 8.90. The highest BCUT2D eigenvalue weighted by molar-refractivity contribution is 5.95. The highest BCUT2D eigenvalue weighted by atomic mass is 16.2. The van der Waals surface area contributed by atoms with Crippen molar-refractivity contribution in [3.05, 3.63) is 34.9 Å². The van der Waals surface area contributed by atoms with E-state index in [4.69, 9.17) is 5.73 Å². The fourth-order valence-corrected chi connectivity index (χ4v) is 4.54. The van der Waals surface area contributed by atoms with Gasteiger partial charge in [-0.3, -0.25) is 9.59 Å². The van der Waals surface area contributed by atoms with E-state index in [1.165, 1.54) is 0 Å². The van der Waals surface area contributed by atoms with E-state index in [0.717, 1.165) is 62.0 Å². The van der Waals surface area contributed by atoms with Gasteiger partial charge in [0.15, 0.2) is 0 Å². The van der Waals surface area contributed by atoms with E-state index in [-0.39, 0.29) is 23.8 Å². The van der Waals surface area contributed by atoms with Gasteiger partial charge in [-0.15, -0.1) is 0 Å². The fraction of sp³-hybridized carbons (Fsp3) is 0.636. The van der Waals surface area contributed by atoms with E-state index >= 15 is 0 Å². The van der Waals surface area contributed by atoms with E-state index in [0.29, 0.717) is 12.5 Å². The zero-order valence-electron chi connectivity index (χ0n) is 16.9. The van der Waals surface area contributed by atoms with Crippen LogP contribution in [0.3, 0.4) is 0 Å². The van der Waals surface area contributed by atoms with Gasteiger partial charge in [0.1, 0.15) is 0 Å². The van der Waals surface area contributed by atoms with Crippen molar-refractivity contribution in [2.45, 2.75) is 52.5 Å². The van der Waals surface area contributed by atoms with Crippen LogP contribution in [-0.4, -0.2) is 53.8 Å². The summed E-state index contributed by atoms with van der Waals surface area (Å²) >= 11 is 0. The summed E-state index contributed by atoms with van der Waals surface area (Å²) in [5.74, 6) is 0.560. The van der Waals surface area contributed by atoms with Crippen LogP contribution >= 0.6 is 0 Å². The predicted molar refractivity (Wildman–Crippen MR) is 107 cm³/mol. The molecule has 0 spiro atoms. The summed E-state index contributed by atoms with van der Waals surface area (Å²) in [5.41, 5.74) is 8.99. The molecular formula is C22H33N3O2. The number of hydrogen-bond donors (Lipinski definition) is 1. The monoisotopic (exact) mass is 371 g/mol. The van der Waals surface area contributed by atoms with E-state index < -0.39 is 0 Å². The number of aryl methyl sites for hydroxylation is 2. The molecule has 0 saturated carbocycles. The third-order valence-corrected chi connectivity index (χ3v) is 6.04. The van der Waals surface area contributed by atoms with Gasteiger partial charge >= 0.3 is 0 Å². The molecule has 2 fully saturated rings. The topological polar surface area (TPSA) is 66.6 Å². The molecule has 3 rings (SSSR count). The minimum absolute atomic E-state index is 0.0476. The van der Waals surface area contributed by atoms with Crippen molar-refractivity contribution in [1.82, 2.24) is 9.80 Å². The van der Waals surface area contributed by atoms with Gasteiger partial charge in [0.2, 0.25) is 5.91 Å². The molecule has 1 aromatic carbocycles. The summed E-state index contributed by atoms with van der Waals surface area (Å²) in [4.78, 5) is 29.9. The number of rotatable bonds is 3. The molecule has 5 nitrogen and oxygen atoms in total. The van der Waals surface area contributed by atoms with Crippen LogP contribution < -0.4 is 5.73 Å². The maximum atomic E-state index is 13.1. The van der Waals surface area contributed by atoms with Crippen molar-refractivity contribution in [2.24, 2.45) is 17.6 Å². The van der Waals surface area contributed by atoms with Gasteiger partial charge in [0, 0.05) is 37.8 Å². The molecule has 0 aromatic heterocycles. The largest absolute Gasteiger partial charge is 0.342 e. The number of carbonyl (C=O) groups is 2. The highest BCUT2D eigenvalue weighted by Crippen LogP contribution is 2.25. The predicted octanol–water partition coefficient (Wildman–Crippen LogP) is 2.74. The van der Waals surface area contributed by atoms with E-state index in [2.05, 4.69) is 6.07 Å². The first-order valence-corrected chi connectivity index (χ1v) is 10.3. The summed E-state index contributed by atoms with van der Waals surface area (Å²) < 4.78 is 0. The lowest BCUT2D eigenvalue weighted by Crippen LogP contribution is -2.50. The zero-order chi connectivity index (χ0) is 19.6. The average molecular weight is 372 g/mol. The van der Waals surface area contributed by atoms with Gasteiger partial charge in [0.25, 0.3) is 5.91 Å². The molecule has 3 unspecified atom stereocenters. The van der Waals surface area contributed by atoms with Gasteiger partial charge in [-0.25, -0.2) is 0 Å². The Labute approximate surface area is 162 Å². The number of benzene rings is 1. The first-order chi connectivity index (χ1) is 12.8. The number of likely N-dealkylation sites (tertiary alicyclic amines) is 2. The summed E-state index contributed by atoms with van der Waals surface area (Å²) in [6, 6.07) is 6.08. The minimum Gasteiger partial charge on any atom is -0.342 e. The van der Waals surface area contributed by atoms with Crippen LogP contribution in [0.15, 0.2) is 18.2 Å². The van der Waals surface area contributed by atoms with Gasteiger partial charge in [-0.05, 0) is 64.5 Å². The Balaban J connectivity index is 1.66. The Kier molecular flexibility index (Phi) is 6.20. The lowest BCUT2D eigenvalue weighted by Gasteiger charge is -2.39. The van der Waals surface area contributed by atoms with Gasteiger partial charge in [-0.2, -0.15) is 0 Å². The number of nitrogens with zero attached hydrogens (tertiary/aromatic N) is 2. The summed E-state index contributed by atoms with van der Waals surface area (Å²) in [6.07, 6.45) is 3.88. The van der Waals surface area contributed by atoms with Crippen molar-refractivity contribution < 1.29 is 9.59 Å². The molecule has 0 bridgehead atoms. The molecule has 1 aromatic rings. The van der Waals surface area contributed by atoms with Crippen LogP contribution in [0.2, 0.25) is 0 Å². The number of nitrogens with two attached hydrogens (primary N) is 1. The van der Waals surface area contributed by atoms with Crippen molar-refractivity contribution in [2.75, 3.05) is 26.2 Å². The molecule has 2 aliphatic rings. The highest BCUT2D eigenvalue weighted by Gasteiger charge is 2.34. The maximum absolute atomic E-state index is 13.1. The molecule has 27 heavy (non-hydrogen) atoms. The number of amides is 2. The second-order valence-electron chi connectivity index (χ2n) is 8.51. The number of hydrogen-bond acceptors (Lipinski definition) is 3. The minimum atomic E-state index is -0.0829. The zero-order valence-corrected chi connectivity index (χ0v) is 16.9.